The van der Waals surface area contributed by atoms with E-state index < -0.39 is 10.0 Å². The molecule has 0 fully saturated rings. The number of primary sulfonamides is 1. The van der Waals surface area contributed by atoms with Crippen molar-refractivity contribution in [1.29, 1.82) is 0 Å². The molecule has 0 bridgehead atoms. The fourth-order valence-electron chi connectivity index (χ4n) is 2.12. The van der Waals surface area contributed by atoms with Gasteiger partial charge in [-0.1, -0.05) is 30.4 Å². The zero-order chi connectivity index (χ0) is 11.6. The summed E-state index contributed by atoms with van der Waals surface area (Å²) in [5.74, 6) is 0.184. The van der Waals surface area contributed by atoms with E-state index in [9.17, 15) is 8.42 Å². The van der Waals surface area contributed by atoms with Crippen LogP contribution < -0.4 is 5.14 Å². The standard InChI is InChI=1S/C12H15NO2S/c13-16(14,15)12-9-5-4-8-11(12)10-6-2-1-3-7-10/h2,4-6,8-10H,1,3,7H2,(H2,13,14,15). The molecule has 1 aromatic carbocycles. The Labute approximate surface area is 96.0 Å². The molecule has 2 N–H and O–H groups in total. The predicted molar refractivity (Wildman–Crippen MR) is 63.5 cm³/mol. The second-order valence-corrected chi connectivity index (χ2v) is 5.58. The van der Waals surface area contributed by atoms with Gasteiger partial charge in [0.25, 0.3) is 0 Å². The molecular weight excluding hydrogens is 222 g/mol. The van der Waals surface area contributed by atoms with E-state index in [1.165, 1.54) is 0 Å². The molecule has 0 saturated heterocycles. The summed E-state index contributed by atoms with van der Waals surface area (Å²) in [6, 6.07) is 6.98. The Hall–Kier alpha value is -1.13. The van der Waals surface area contributed by atoms with Crippen LogP contribution in [-0.2, 0) is 10.0 Å². The molecule has 16 heavy (non-hydrogen) atoms. The summed E-state index contributed by atoms with van der Waals surface area (Å²) in [6.07, 6.45) is 7.35. The van der Waals surface area contributed by atoms with Gasteiger partial charge in [-0.25, -0.2) is 13.6 Å². The summed E-state index contributed by atoms with van der Waals surface area (Å²) in [6.45, 7) is 0. The molecule has 0 spiro atoms. The molecule has 0 radical (unpaired) electrons. The maximum Gasteiger partial charge on any atom is 0.238 e. The molecule has 1 aliphatic carbocycles. The summed E-state index contributed by atoms with van der Waals surface area (Å²) < 4.78 is 22.9. The van der Waals surface area contributed by atoms with E-state index in [2.05, 4.69) is 12.2 Å². The fraction of sp³-hybridized carbons (Fsp3) is 0.333. The lowest BCUT2D eigenvalue weighted by atomic mass is 9.89. The molecule has 1 aliphatic rings. The Morgan fingerprint density at radius 2 is 2.00 bits per heavy atom. The quantitative estimate of drug-likeness (QED) is 0.801. The second-order valence-electron chi connectivity index (χ2n) is 4.05. The number of sulfonamides is 1. The van der Waals surface area contributed by atoms with Gasteiger partial charge in [0.15, 0.2) is 0 Å². The van der Waals surface area contributed by atoms with Crippen molar-refractivity contribution in [2.24, 2.45) is 5.14 Å². The van der Waals surface area contributed by atoms with Crippen molar-refractivity contribution in [2.45, 2.75) is 30.1 Å². The van der Waals surface area contributed by atoms with Crippen LogP contribution in [0.25, 0.3) is 0 Å². The van der Waals surface area contributed by atoms with Crippen molar-refractivity contribution < 1.29 is 8.42 Å². The first-order valence-corrected chi connectivity index (χ1v) is 6.92. The SMILES string of the molecule is NS(=O)(=O)c1ccccc1C1C=CCCC1. The van der Waals surface area contributed by atoms with Gasteiger partial charge in [0.2, 0.25) is 10.0 Å². The average Bonchev–Trinajstić information content (AvgIpc) is 2.29. The Bertz CT molecular complexity index is 506. The van der Waals surface area contributed by atoms with Crippen LogP contribution in [-0.4, -0.2) is 8.42 Å². The van der Waals surface area contributed by atoms with E-state index >= 15 is 0 Å². The van der Waals surface area contributed by atoms with Gasteiger partial charge in [-0.3, -0.25) is 0 Å². The average molecular weight is 237 g/mol. The molecule has 3 nitrogen and oxygen atoms in total. The number of nitrogens with two attached hydrogens (primary N) is 1. The van der Waals surface area contributed by atoms with Crippen molar-refractivity contribution in [3.63, 3.8) is 0 Å². The molecule has 0 aliphatic heterocycles. The van der Waals surface area contributed by atoms with Crippen molar-refractivity contribution in [2.75, 3.05) is 0 Å². The Kier molecular flexibility index (Phi) is 3.12. The minimum Gasteiger partial charge on any atom is -0.225 e. The first-order valence-electron chi connectivity index (χ1n) is 5.37. The molecule has 1 atom stereocenters. The summed E-state index contributed by atoms with van der Waals surface area (Å²) in [7, 11) is -3.62. The molecule has 86 valence electrons. The Morgan fingerprint density at radius 3 is 2.62 bits per heavy atom. The smallest absolute Gasteiger partial charge is 0.225 e. The van der Waals surface area contributed by atoms with Crippen molar-refractivity contribution in [3.05, 3.63) is 42.0 Å². The lowest BCUT2D eigenvalue weighted by molar-refractivity contribution is 0.592. The number of rotatable bonds is 2. The summed E-state index contributed by atoms with van der Waals surface area (Å²) in [4.78, 5) is 0.256. The molecule has 4 heteroatoms. The zero-order valence-corrected chi connectivity index (χ0v) is 9.78. The number of hydrogen-bond donors (Lipinski definition) is 1. The highest BCUT2D eigenvalue weighted by Crippen LogP contribution is 2.31. The number of allylic oxidation sites excluding steroid dienone is 2. The molecule has 0 saturated carbocycles. The first kappa shape index (κ1) is 11.4. The van der Waals surface area contributed by atoms with Crippen LogP contribution in [0.1, 0.15) is 30.7 Å². The van der Waals surface area contributed by atoms with E-state index in [0.717, 1.165) is 24.8 Å². The molecule has 0 heterocycles. The molecule has 1 unspecified atom stereocenters. The zero-order valence-electron chi connectivity index (χ0n) is 8.96. The first-order chi connectivity index (χ1) is 7.59. The Morgan fingerprint density at radius 1 is 1.25 bits per heavy atom. The molecule has 1 aromatic rings. The van der Waals surface area contributed by atoms with Gasteiger partial charge in [0.1, 0.15) is 0 Å². The second kappa shape index (κ2) is 4.39. The molecular formula is C12H15NO2S. The van der Waals surface area contributed by atoms with Crippen LogP contribution in [0.5, 0.6) is 0 Å². The number of hydrogen-bond acceptors (Lipinski definition) is 2. The number of benzene rings is 1. The van der Waals surface area contributed by atoms with Crippen LogP contribution in [0, 0.1) is 0 Å². The van der Waals surface area contributed by atoms with Gasteiger partial charge in [0, 0.05) is 5.92 Å². The van der Waals surface area contributed by atoms with Gasteiger partial charge in [-0.2, -0.15) is 0 Å². The highest BCUT2D eigenvalue weighted by Gasteiger charge is 2.19. The minimum atomic E-state index is -3.62. The van der Waals surface area contributed by atoms with Crippen molar-refractivity contribution in [3.8, 4) is 0 Å². The van der Waals surface area contributed by atoms with E-state index in [-0.39, 0.29) is 10.8 Å². The lowest BCUT2D eigenvalue weighted by Crippen LogP contribution is -2.16. The molecule has 2 rings (SSSR count). The minimum absolute atomic E-state index is 0.184. The van der Waals surface area contributed by atoms with Crippen LogP contribution >= 0.6 is 0 Å². The topological polar surface area (TPSA) is 60.2 Å². The third-order valence-corrected chi connectivity index (χ3v) is 3.86. The summed E-state index contributed by atoms with van der Waals surface area (Å²) in [5, 5.41) is 5.21. The molecule has 0 amide bonds. The third kappa shape index (κ3) is 2.33. The summed E-state index contributed by atoms with van der Waals surface area (Å²) >= 11 is 0. The fourth-order valence-corrected chi connectivity index (χ4v) is 2.93. The van der Waals surface area contributed by atoms with E-state index in [1.807, 2.05) is 12.1 Å². The molecule has 0 aromatic heterocycles. The van der Waals surface area contributed by atoms with Gasteiger partial charge in [0.05, 0.1) is 4.90 Å². The normalized spacial score (nSPS) is 20.9. The monoisotopic (exact) mass is 237 g/mol. The maximum atomic E-state index is 11.5. The van der Waals surface area contributed by atoms with Gasteiger partial charge < -0.3 is 0 Å². The van der Waals surface area contributed by atoms with Crippen LogP contribution in [0.4, 0.5) is 0 Å². The van der Waals surface area contributed by atoms with Crippen LogP contribution in [0.15, 0.2) is 41.3 Å². The van der Waals surface area contributed by atoms with Gasteiger partial charge in [-0.05, 0) is 30.9 Å². The van der Waals surface area contributed by atoms with Gasteiger partial charge >= 0.3 is 0 Å². The van der Waals surface area contributed by atoms with Crippen molar-refractivity contribution >= 4 is 10.0 Å². The predicted octanol–water partition coefficient (Wildman–Crippen LogP) is 2.16. The van der Waals surface area contributed by atoms with Crippen LogP contribution in [0.3, 0.4) is 0 Å². The van der Waals surface area contributed by atoms with E-state index in [0.29, 0.717) is 0 Å². The van der Waals surface area contributed by atoms with E-state index in [4.69, 9.17) is 5.14 Å². The van der Waals surface area contributed by atoms with E-state index in [1.54, 1.807) is 12.1 Å². The lowest BCUT2D eigenvalue weighted by Gasteiger charge is -2.18. The van der Waals surface area contributed by atoms with Crippen molar-refractivity contribution in [1.82, 2.24) is 0 Å². The third-order valence-electron chi connectivity index (χ3n) is 2.88. The summed E-state index contributed by atoms with van der Waals surface area (Å²) in [5.41, 5.74) is 0.820. The Balaban J connectivity index is 2.48. The highest BCUT2D eigenvalue weighted by molar-refractivity contribution is 7.89. The van der Waals surface area contributed by atoms with Crippen LogP contribution in [0.2, 0.25) is 0 Å². The maximum absolute atomic E-state index is 11.5. The largest absolute Gasteiger partial charge is 0.238 e. The highest BCUT2D eigenvalue weighted by atomic mass is 32.2. The van der Waals surface area contributed by atoms with Gasteiger partial charge in [-0.15, -0.1) is 0 Å².